The van der Waals surface area contributed by atoms with Crippen LogP contribution in [0.15, 0.2) is 121 Å². The van der Waals surface area contributed by atoms with Crippen LogP contribution in [0.5, 0.6) is 0 Å². The Bertz CT molecular complexity index is 1920. The second-order valence-corrected chi connectivity index (χ2v) is 45.2. The van der Waals surface area contributed by atoms with E-state index in [4.69, 9.17) is 13.3 Å². The maximum atomic E-state index is 15.0. The van der Waals surface area contributed by atoms with Crippen molar-refractivity contribution in [3.05, 3.63) is 121 Å². The van der Waals surface area contributed by atoms with Crippen LogP contribution in [0.3, 0.4) is 0 Å². The molecule has 6 nitrogen and oxygen atoms in total. The molecule has 1 N–H and O–H groups in total. The van der Waals surface area contributed by atoms with Crippen LogP contribution in [0.4, 0.5) is 4.79 Å². The predicted octanol–water partition coefficient (Wildman–Crippen LogP) is 14.3. The Labute approximate surface area is 427 Å². The lowest BCUT2D eigenvalue weighted by atomic mass is 10.2. The first-order valence-electron chi connectivity index (χ1n) is 26.6. The molecule has 12 heteroatoms. The molecule has 1 saturated heterocycles. The first kappa shape index (κ1) is 57.7. The van der Waals surface area contributed by atoms with Gasteiger partial charge >= 0.3 is 6.03 Å². The molecule has 0 unspecified atom stereocenters. The van der Waals surface area contributed by atoms with Gasteiger partial charge in [-0.25, -0.2) is 4.79 Å². The van der Waals surface area contributed by atoms with E-state index in [1.807, 2.05) is 0 Å². The van der Waals surface area contributed by atoms with E-state index in [-0.39, 0.29) is 30.4 Å². The standard InChI is InChI=1S/C57H92N2O4P2Si4/c1-48(2)61-66(7,8)38-26-42-69(43-27-39-67(9,10)62-49(3)4,44-28-40-68(11,12)63-50(5)6)41-25-37-58-57(60)59-46-56(65(54-33-21-15-22-34-54)55-35-23-16-24-36-55)45-51(59)47-64(52-29-17-13-18-30-52)53-31-19-14-20-32-53/h13-24,29-36,48-51,56H,25-28,37-47H2,1-12H3,(H,58,60)/t51-,56-/m0/s1. The second kappa shape index (κ2) is 27.7. The number of amides is 2. The molecule has 69 heavy (non-hydrogen) atoms. The highest BCUT2D eigenvalue weighted by Gasteiger charge is 2.42. The van der Waals surface area contributed by atoms with E-state index in [1.165, 1.54) is 82.8 Å². The molecule has 0 bridgehead atoms. The van der Waals surface area contributed by atoms with Crippen LogP contribution in [0.25, 0.3) is 0 Å². The van der Waals surface area contributed by atoms with Gasteiger partial charge in [0.05, 0.1) is 8.07 Å². The van der Waals surface area contributed by atoms with Gasteiger partial charge in [-0.15, -0.1) is 0 Å². The summed E-state index contributed by atoms with van der Waals surface area (Å²) in [6.07, 6.45) is 7.58. The first-order chi connectivity index (χ1) is 32.8. The molecular formula is C57H92N2O4P2Si4. The molecule has 0 aliphatic carbocycles. The average molecular weight is 1040 g/mol. The third-order valence-electron chi connectivity index (χ3n) is 13.9. The summed E-state index contributed by atoms with van der Waals surface area (Å²) in [5.74, 6) is 0. The van der Waals surface area contributed by atoms with E-state index < -0.39 is 48.9 Å². The molecule has 1 aliphatic rings. The van der Waals surface area contributed by atoms with Gasteiger partial charge in [-0.1, -0.05) is 165 Å². The fraction of sp³-hybridized carbons (Fsp3) is 0.561. The van der Waals surface area contributed by atoms with Gasteiger partial charge < -0.3 is 23.5 Å². The van der Waals surface area contributed by atoms with Crippen LogP contribution >= 0.6 is 15.8 Å². The Hall–Kier alpha value is -2.24. The van der Waals surface area contributed by atoms with Crippen molar-refractivity contribution < 1.29 is 18.1 Å². The van der Waals surface area contributed by atoms with Crippen molar-refractivity contribution in [1.82, 2.24) is 10.2 Å². The third-order valence-corrected chi connectivity index (χ3v) is 33.0. The number of nitrogens with zero attached hydrogens (tertiary/aromatic N) is 1. The summed E-state index contributed by atoms with van der Waals surface area (Å²) in [4.78, 5) is 17.3. The third kappa shape index (κ3) is 19.6. The Morgan fingerprint density at radius 2 is 0.884 bits per heavy atom. The normalized spacial score (nSPS) is 16.2. The molecule has 1 heterocycles. The summed E-state index contributed by atoms with van der Waals surface area (Å²) in [5.41, 5.74) is 0.358. The second-order valence-electron chi connectivity index (χ2n) is 22.7. The van der Waals surface area contributed by atoms with Gasteiger partial charge in [0.1, 0.15) is 0 Å². The number of hydrogen-bond acceptors (Lipinski definition) is 4. The van der Waals surface area contributed by atoms with Crippen molar-refractivity contribution in [3.63, 3.8) is 0 Å². The molecule has 0 aromatic heterocycles. The smallest absolute Gasteiger partial charge is 0.317 e. The molecule has 1 aliphatic heterocycles. The van der Waals surface area contributed by atoms with E-state index in [0.717, 1.165) is 32.1 Å². The number of nitrogens with one attached hydrogen (secondary N) is 1. The van der Waals surface area contributed by atoms with Gasteiger partial charge in [-0.05, 0) is 155 Å². The van der Waals surface area contributed by atoms with Crippen molar-refractivity contribution in [2.75, 3.05) is 19.3 Å². The minimum absolute atomic E-state index is 0.123. The van der Waals surface area contributed by atoms with Crippen molar-refractivity contribution in [1.29, 1.82) is 0 Å². The lowest BCUT2D eigenvalue weighted by Crippen LogP contribution is -2.45. The maximum absolute atomic E-state index is 15.0. The summed E-state index contributed by atoms with van der Waals surface area (Å²) in [5, 5.41) is 9.15. The van der Waals surface area contributed by atoms with Crippen LogP contribution in [0, 0.1) is 0 Å². The van der Waals surface area contributed by atoms with Gasteiger partial charge in [0.2, 0.25) is 0 Å². The number of benzene rings is 4. The minimum Gasteiger partial charge on any atom is -0.415 e. The molecule has 1 fully saturated rings. The number of urea groups is 1. The number of carbonyl (C=O) groups is 1. The maximum Gasteiger partial charge on any atom is 0.317 e. The van der Waals surface area contributed by atoms with E-state index in [9.17, 15) is 4.79 Å². The summed E-state index contributed by atoms with van der Waals surface area (Å²) in [7, 11) is -8.48. The molecule has 2 amide bonds. The molecule has 380 valence electrons. The largest absolute Gasteiger partial charge is 0.415 e. The van der Waals surface area contributed by atoms with Gasteiger partial charge in [-0.2, -0.15) is 0 Å². The highest BCUT2D eigenvalue weighted by atomic mass is 31.1. The fourth-order valence-corrected chi connectivity index (χ4v) is 30.3. The zero-order valence-electron chi connectivity index (χ0n) is 45.0. The summed E-state index contributed by atoms with van der Waals surface area (Å²) in [6.45, 7) is 29.2. The van der Waals surface area contributed by atoms with Crippen molar-refractivity contribution >= 4 is 76.1 Å². The molecule has 4 aromatic rings. The number of rotatable bonds is 29. The zero-order chi connectivity index (χ0) is 50.1. The molecule has 0 spiro atoms. The summed E-state index contributed by atoms with van der Waals surface area (Å²) in [6, 6.07) is 53.6. The molecular weight excluding hydrogens is 951 g/mol. The predicted molar refractivity (Wildman–Crippen MR) is 314 cm³/mol. The van der Waals surface area contributed by atoms with Crippen LogP contribution < -0.4 is 26.5 Å². The van der Waals surface area contributed by atoms with Gasteiger partial charge in [0.25, 0.3) is 0 Å². The Kier molecular flexibility index (Phi) is 23.2. The topological polar surface area (TPSA) is 60.0 Å². The highest BCUT2D eigenvalue weighted by molar-refractivity contribution is 7.74. The van der Waals surface area contributed by atoms with E-state index in [1.54, 1.807) is 0 Å². The van der Waals surface area contributed by atoms with Gasteiger partial charge in [-0.3, -0.25) is 0 Å². The number of hydrogen-bond donors (Lipinski definition) is 1. The van der Waals surface area contributed by atoms with E-state index in [2.05, 4.69) is 212 Å². The van der Waals surface area contributed by atoms with Crippen molar-refractivity contribution in [2.24, 2.45) is 0 Å². The Morgan fingerprint density at radius 1 is 0.536 bits per heavy atom. The van der Waals surface area contributed by atoms with E-state index >= 15 is 0 Å². The summed E-state index contributed by atoms with van der Waals surface area (Å²) < 4.78 is 19.8. The molecule has 0 radical (unpaired) electrons. The lowest BCUT2D eigenvalue weighted by molar-refractivity contribution is 0.197. The number of likely N-dealkylation sites (tertiary alicyclic amines) is 1. The van der Waals surface area contributed by atoms with Crippen LogP contribution in [-0.2, 0) is 13.3 Å². The Balaban J connectivity index is 1.41. The highest BCUT2D eigenvalue weighted by Crippen LogP contribution is 2.48. The lowest BCUT2D eigenvalue weighted by Gasteiger charge is -2.36. The minimum atomic E-state index is -1.79. The van der Waals surface area contributed by atoms with Crippen molar-refractivity contribution in [2.45, 2.75) is 185 Å². The molecule has 5 rings (SSSR count). The number of carbonyl (C=O) groups excluding carboxylic acids is 1. The van der Waals surface area contributed by atoms with E-state index in [0.29, 0.717) is 5.66 Å². The zero-order valence-corrected chi connectivity index (χ0v) is 50.8. The van der Waals surface area contributed by atoms with Gasteiger partial charge in [0.15, 0.2) is 25.0 Å². The molecule has 0 saturated carbocycles. The monoisotopic (exact) mass is 1040 g/mol. The molecule has 4 aromatic carbocycles. The Morgan fingerprint density at radius 3 is 1.25 bits per heavy atom. The summed E-state index contributed by atoms with van der Waals surface area (Å²) >= 11 is 0. The first-order valence-corrected chi connectivity index (χ1v) is 41.7. The average Bonchev–Trinajstić information content (AvgIpc) is 3.70. The van der Waals surface area contributed by atoms with Crippen molar-refractivity contribution in [3.8, 4) is 0 Å². The quantitative estimate of drug-likeness (QED) is 0.0334. The molecule has 2 atom stereocenters. The van der Waals surface area contributed by atoms with Crippen LogP contribution in [-0.4, -0.2) is 93.2 Å². The van der Waals surface area contributed by atoms with Gasteiger partial charge in [0, 0.05) is 43.1 Å². The van der Waals surface area contributed by atoms with Crippen LogP contribution in [0.2, 0.25) is 81.6 Å². The fourth-order valence-electron chi connectivity index (χ4n) is 11.3. The van der Waals surface area contributed by atoms with Crippen LogP contribution in [0.1, 0.15) is 73.6 Å². The SMILES string of the molecule is CC(C)O[Si](C)(C)CCC[Si](CCCNC(=O)N1C[C@@H](P(c2ccccc2)c2ccccc2)C[C@H]1CP(c1ccccc1)c1ccccc1)(CCC[Si](C)(C)OC(C)C)CCC[Si](C)(C)OC(C)C.